The first-order chi connectivity index (χ1) is 10.2. The average Bonchev–Trinajstić information content (AvgIpc) is 2.42. The largest absolute Gasteiger partial charge is 0.298 e. The average molecular weight is 300 g/mol. The Hall–Kier alpha value is -1.33. The van der Waals surface area contributed by atoms with Crippen LogP contribution in [0.2, 0.25) is 0 Å². The normalized spacial score (nSPS) is 13.7. The quantitative estimate of drug-likeness (QED) is 0.730. The molecule has 2 nitrogen and oxygen atoms in total. The van der Waals surface area contributed by atoms with E-state index in [0.717, 1.165) is 18.5 Å². The van der Waals surface area contributed by atoms with Crippen molar-refractivity contribution in [2.75, 3.05) is 6.54 Å². The molecule has 0 aliphatic carbocycles. The lowest BCUT2D eigenvalue weighted by Gasteiger charge is -2.31. The van der Waals surface area contributed by atoms with Gasteiger partial charge in [0.25, 0.3) is 0 Å². The van der Waals surface area contributed by atoms with Gasteiger partial charge < -0.3 is 0 Å². The summed E-state index contributed by atoms with van der Waals surface area (Å²) in [5.41, 5.74) is 2.62. The zero-order chi connectivity index (χ0) is 16.9. The predicted molar refractivity (Wildman–Crippen MR) is 95.1 cm³/mol. The van der Waals surface area contributed by atoms with Gasteiger partial charge in [0.1, 0.15) is 0 Å². The Bertz CT molecular complexity index is 478. The molecule has 0 heterocycles. The standard InChI is InChI=1S/C20H32N2/c1-15(2)22(16(3)4)13-12-18(14-21)17-8-10-19(11-9-17)20(5,6)7/h8-11,15-16,18H,12-13H2,1-7H3/t18-/m0/s1. The SMILES string of the molecule is CC(C)N(CC[C@@H](C#N)c1ccc(C(C)(C)C)cc1)C(C)C. The monoisotopic (exact) mass is 300 g/mol. The molecule has 0 amide bonds. The highest BCUT2D eigenvalue weighted by atomic mass is 15.2. The fourth-order valence-electron chi connectivity index (χ4n) is 2.91. The van der Waals surface area contributed by atoms with E-state index >= 15 is 0 Å². The Labute approximate surface area is 137 Å². The molecule has 0 aliphatic rings. The van der Waals surface area contributed by atoms with Gasteiger partial charge in [-0.15, -0.1) is 0 Å². The van der Waals surface area contributed by atoms with Crippen LogP contribution in [-0.4, -0.2) is 23.5 Å². The predicted octanol–water partition coefficient (Wildman–Crippen LogP) is 5.10. The van der Waals surface area contributed by atoms with Gasteiger partial charge in [-0.3, -0.25) is 4.90 Å². The first kappa shape index (κ1) is 18.7. The fourth-order valence-corrected chi connectivity index (χ4v) is 2.91. The molecule has 22 heavy (non-hydrogen) atoms. The minimum atomic E-state index is -0.0194. The van der Waals surface area contributed by atoms with Crippen LogP contribution in [0, 0.1) is 11.3 Å². The maximum Gasteiger partial charge on any atom is 0.0724 e. The van der Waals surface area contributed by atoms with E-state index < -0.39 is 0 Å². The van der Waals surface area contributed by atoms with Crippen LogP contribution in [0.25, 0.3) is 0 Å². The van der Waals surface area contributed by atoms with E-state index in [9.17, 15) is 5.26 Å². The summed E-state index contributed by atoms with van der Waals surface area (Å²) in [6, 6.07) is 12.1. The summed E-state index contributed by atoms with van der Waals surface area (Å²) in [5.74, 6) is -0.0194. The smallest absolute Gasteiger partial charge is 0.0724 e. The summed E-state index contributed by atoms with van der Waals surface area (Å²) < 4.78 is 0. The second kappa shape index (κ2) is 7.79. The molecule has 2 heteroatoms. The molecule has 1 rings (SSSR count). The third kappa shape index (κ3) is 5.14. The molecule has 0 radical (unpaired) electrons. The Morgan fingerprint density at radius 2 is 1.50 bits per heavy atom. The van der Waals surface area contributed by atoms with Crippen molar-refractivity contribution >= 4 is 0 Å². The zero-order valence-corrected chi connectivity index (χ0v) is 15.4. The number of hydrogen-bond donors (Lipinski definition) is 0. The van der Waals surface area contributed by atoms with Crippen LogP contribution in [-0.2, 0) is 5.41 Å². The maximum atomic E-state index is 9.53. The maximum absolute atomic E-state index is 9.53. The van der Waals surface area contributed by atoms with Gasteiger partial charge in [-0.25, -0.2) is 0 Å². The van der Waals surface area contributed by atoms with E-state index in [1.807, 2.05) is 0 Å². The van der Waals surface area contributed by atoms with Crippen molar-refractivity contribution in [3.8, 4) is 6.07 Å². The topological polar surface area (TPSA) is 27.0 Å². The molecule has 1 aromatic carbocycles. The Morgan fingerprint density at radius 1 is 1.00 bits per heavy atom. The Balaban J connectivity index is 2.79. The highest BCUT2D eigenvalue weighted by molar-refractivity contribution is 5.31. The number of rotatable bonds is 6. The van der Waals surface area contributed by atoms with Gasteiger partial charge >= 0.3 is 0 Å². The number of nitriles is 1. The fraction of sp³-hybridized carbons (Fsp3) is 0.650. The Kier molecular flexibility index (Phi) is 6.63. The molecular formula is C20H32N2. The van der Waals surface area contributed by atoms with Crippen LogP contribution in [0.4, 0.5) is 0 Å². The number of nitrogens with zero attached hydrogens (tertiary/aromatic N) is 2. The van der Waals surface area contributed by atoms with Crippen LogP contribution >= 0.6 is 0 Å². The van der Waals surface area contributed by atoms with Crippen molar-refractivity contribution in [1.82, 2.24) is 4.90 Å². The summed E-state index contributed by atoms with van der Waals surface area (Å²) in [7, 11) is 0. The van der Waals surface area contributed by atoms with Crippen molar-refractivity contribution in [2.24, 2.45) is 0 Å². The molecule has 0 fully saturated rings. The van der Waals surface area contributed by atoms with Gasteiger partial charge in [-0.2, -0.15) is 5.26 Å². The van der Waals surface area contributed by atoms with E-state index in [4.69, 9.17) is 0 Å². The molecule has 0 bridgehead atoms. The molecule has 122 valence electrons. The lowest BCUT2D eigenvalue weighted by molar-refractivity contribution is 0.171. The molecule has 0 saturated heterocycles. The van der Waals surface area contributed by atoms with Gasteiger partial charge in [-0.1, -0.05) is 45.0 Å². The van der Waals surface area contributed by atoms with Crippen LogP contribution in [0.5, 0.6) is 0 Å². The minimum absolute atomic E-state index is 0.0194. The Morgan fingerprint density at radius 3 is 1.86 bits per heavy atom. The van der Waals surface area contributed by atoms with Crippen molar-refractivity contribution in [2.45, 2.75) is 78.3 Å². The lowest BCUT2D eigenvalue weighted by Crippen LogP contribution is -2.38. The van der Waals surface area contributed by atoms with Gasteiger partial charge in [0.15, 0.2) is 0 Å². The van der Waals surface area contributed by atoms with Crippen LogP contribution in [0.15, 0.2) is 24.3 Å². The van der Waals surface area contributed by atoms with Crippen molar-refractivity contribution in [1.29, 1.82) is 5.26 Å². The van der Waals surface area contributed by atoms with E-state index in [-0.39, 0.29) is 11.3 Å². The van der Waals surface area contributed by atoms with Crippen molar-refractivity contribution < 1.29 is 0 Å². The van der Waals surface area contributed by atoms with E-state index in [2.05, 4.69) is 83.7 Å². The molecule has 0 saturated carbocycles. The molecule has 0 N–H and O–H groups in total. The van der Waals surface area contributed by atoms with Crippen LogP contribution in [0.3, 0.4) is 0 Å². The molecule has 0 aliphatic heterocycles. The highest BCUT2D eigenvalue weighted by Gasteiger charge is 2.18. The van der Waals surface area contributed by atoms with Crippen molar-refractivity contribution in [3.05, 3.63) is 35.4 Å². The summed E-state index contributed by atoms with van der Waals surface area (Å²) in [4.78, 5) is 2.45. The lowest BCUT2D eigenvalue weighted by atomic mass is 9.85. The first-order valence-electron chi connectivity index (χ1n) is 8.42. The molecule has 0 spiro atoms. The number of benzene rings is 1. The third-order valence-electron chi connectivity index (χ3n) is 4.34. The summed E-state index contributed by atoms with van der Waals surface area (Å²) in [6.07, 6.45) is 0.891. The molecule has 1 aromatic rings. The van der Waals surface area contributed by atoms with E-state index in [0.29, 0.717) is 12.1 Å². The van der Waals surface area contributed by atoms with Crippen molar-refractivity contribution in [3.63, 3.8) is 0 Å². The van der Waals surface area contributed by atoms with Gasteiger partial charge in [-0.05, 0) is 50.7 Å². The summed E-state index contributed by atoms with van der Waals surface area (Å²) >= 11 is 0. The molecular weight excluding hydrogens is 268 g/mol. The van der Waals surface area contributed by atoms with Crippen LogP contribution in [0.1, 0.15) is 71.9 Å². The van der Waals surface area contributed by atoms with E-state index in [1.165, 1.54) is 5.56 Å². The zero-order valence-electron chi connectivity index (χ0n) is 15.4. The third-order valence-corrected chi connectivity index (χ3v) is 4.34. The number of hydrogen-bond acceptors (Lipinski definition) is 2. The summed E-state index contributed by atoms with van der Waals surface area (Å²) in [5, 5.41) is 9.53. The minimum Gasteiger partial charge on any atom is -0.298 e. The van der Waals surface area contributed by atoms with Gasteiger partial charge in [0, 0.05) is 18.6 Å². The highest BCUT2D eigenvalue weighted by Crippen LogP contribution is 2.26. The first-order valence-corrected chi connectivity index (χ1v) is 8.42. The van der Waals surface area contributed by atoms with Gasteiger partial charge in [0.2, 0.25) is 0 Å². The second-order valence-electron chi connectivity index (χ2n) is 7.77. The van der Waals surface area contributed by atoms with Gasteiger partial charge in [0.05, 0.1) is 12.0 Å². The summed E-state index contributed by atoms with van der Waals surface area (Å²) in [6.45, 7) is 16.5. The molecule has 1 atom stereocenters. The van der Waals surface area contributed by atoms with Crippen LogP contribution < -0.4 is 0 Å². The second-order valence-corrected chi connectivity index (χ2v) is 7.77. The van der Waals surface area contributed by atoms with E-state index in [1.54, 1.807) is 0 Å². The molecule has 0 aromatic heterocycles. The molecule has 0 unspecified atom stereocenters.